The van der Waals surface area contributed by atoms with Crippen LogP contribution in [0.25, 0.3) is 10.2 Å². The van der Waals surface area contributed by atoms with Crippen LogP contribution < -0.4 is 10.6 Å². The fourth-order valence-corrected chi connectivity index (χ4v) is 3.79. The van der Waals surface area contributed by atoms with Gasteiger partial charge in [0.15, 0.2) is 5.13 Å². The third kappa shape index (κ3) is 2.88. The molecule has 0 atom stereocenters. The van der Waals surface area contributed by atoms with Crippen molar-refractivity contribution in [2.45, 2.75) is 12.8 Å². The smallest absolute Gasteiger partial charge is 0.186 e. The summed E-state index contributed by atoms with van der Waals surface area (Å²) < 4.78 is 1.18. The third-order valence-electron chi connectivity index (χ3n) is 4.10. The van der Waals surface area contributed by atoms with E-state index in [4.69, 9.17) is 10.7 Å². The highest BCUT2D eigenvalue weighted by molar-refractivity contribution is 7.22. The van der Waals surface area contributed by atoms with Crippen molar-refractivity contribution in [1.29, 1.82) is 0 Å². The Balaban J connectivity index is 1.70. The average molecular weight is 290 g/mol. The predicted octanol–water partition coefficient (Wildman–Crippen LogP) is 2.66. The zero-order valence-corrected chi connectivity index (χ0v) is 13.0. The topological polar surface area (TPSA) is 45.4 Å². The standard InChI is InChI=1S/C15H22N4S/c1-18-7-5-11(6-8-18)10-19(2)15-17-13-4-3-12(16)9-14(13)20-15/h3-4,9,11H,5-8,10,16H2,1-2H3. The quantitative estimate of drug-likeness (QED) is 0.883. The molecule has 20 heavy (non-hydrogen) atoms. The van der Waals surface area contributed by atoms with Gasteiger partial charge in [0.2, 0.25) is 0 Å². The number of fused-ring (bicyclic) bond motifs is 1. The molecule has 1 aliphatic rings. The lowest BCUT2D eigenvalue weighted by Gasteiger charge is -2.31. The molecule has 0 radical (unpaired) electrons. The van der Waals surface area contributed by atoms with Crippen LogP contribution in [0.1, 0.15) is 12.8 Å². The van der Waals surface area contributed by atoms with Gasteiger partial charge >= 0.3 is 0 Å². The molecule has 3 rings (SSSR count). The van der Waals surface area contributed by atoms with Crippen LogP contribution in [0.4, 0.5) is 10.8 Å². The van der Waals surface area contributed by atoms with E-state index in [1.54, 1.807) is 11.3 Å². The zero-order chi connectivity index (χ0) is 14.1. The Hall–Kier alpha value is -1.33. The second kappa shape index (κ2) is 5.58. The van der Waals surface area contributed by atoms with Gasteiger partial charge in [-0.2, -0.15) is 0 Å². The molecule has 0 bridgehead atoms. The highest BCUT2D eigenvalue weighted by atomic mass is 32.1. The van der Waals surface area contributed by atoms with Gasteiger partial charge in [0.05, 0.1) is 10.2 Å². The molecule has 0 spiro atoms. The minimum absolute atomic E-state index is 0.785. The number of aromatic nitrogens is 1. The highest BCUT2D eigenvalue weighted by Crippen LogP contribution is 2.30. The molecule has 0 amide bonds. The van der Waals surface area contributed by atoms with Gasteiger partial charge in [-0.05, 0) is 57.1 Å². The number of thiazole rings is 1. The lowest BCUT2D eigenvalue weighted by molar-refractivity contribution is 0.222. The van der Waals surface area contributed by atoms with Gasteiger partial charge in [-0.1, -0.05) is 11.3 Å². The SMILES string of the molecule is CN1CCC(CN(C)c2nc3ccc(N)cc3s2)CC1. The van der Waals surface area contributed by atoms with Crippen LogP contribution in [0.15, 0.2) is 18.2 Å². The van der Waals surface area contributed by atoms with Crippen LogP contribution in [0.5, 0.6) is 0 Å². The van der Waals surface area contributed by atoms with E-state index in [1.807, 2.05) is 18.2 Å². The van der Waals surface area contributed by atoms with Crippen molar-refractivity contribution in [3.63, 3.8) is 0 Å². The number of anilines is 2. The first-order valence-electron chi connectivity index (χ1n) is 7.17. The first-order valence-corrected chi connectivity index (χ1v) is 7.99. The van der Waals surface area contributed by atoms with Gasteiger partial charge in [-0.25, -0.2) is 4.98 Å². The van der Waals surface area contributed by atoms with E-state index in [1.165, 1.54) is 30.6 Å². The fourth-order valence-electron chi connectivity index (χ4n) is 2.80. The van der Waals surface area contributed by atoms with E-state index in [0.717, 1.165) is 28.8 Å². The Morgan fingerprint density at radius 2 is 2.15 bits per heavy atom. The van der Waals surface area contributed by atoms with Crippen molar-refractivity contribution in [1.82, 2.24) is 9.88 Å². The van der Waals surface area contributed by atoms with Crippen molar-refractivity contribution < 1.29 is 0 Å². The molecule has 0 saturated carbocycles. The summed E-state index contributed by atoms with van der Waals surface area (Å²) in [5.41, 5.74) is 7.69. The van der Waals surface area contributed by atoms with Gasteiger partial charge < -0.3 is 15.5 Å². The zero-order valence-electron chi connectivity index (χ0n) is 12.2. The van der Waals surface area contributed by atoms with Gasteiger partial charge in [-0.3, -0.25) is 0 Å². The molecular weight excluding hydrogens is 268 g/mol. The fraction of sp³-hybridized carbons (Fsp3) is 0.533. The first-order chi connectivity index (χ1) is 9.61. The van der Waals surface area contributed by atoms with E-state index in [-0.39, 0.29) is 0 Å². The Morgan fingerprint density at radius 1 is 1.40 bits per heavy atom. The normalized spacial score (nSPS) is 17.7. The first kappa shape index (κ1) is 13.6. The Kier molecular flexibility index (Phi) is 3.81. The van der Waals surface area contributed by atoms with E-state index < -0.39 is 0 Å². The Labute approximate surface area is 124 Å². The minimum Gasteiger partial charge on any atom is -0.399 e. The maximum absolute atomic E-state index is 5.83. The number of benzene rings is 1. The second-order valence-electron chi connectivity index (χ2n) is 5.85. The molecule has 2 heterocycles. The number of hydrogen-bond acceptors (Lipinski definition) is 5. The number of likely N-dealkylation sites (tertiary alicyclic amines) is 1. The van der Waals surface area contributed by atoms with Crippen molar-refractivity contribution >= 4 is 32.4 Å². The molecule has 1 saturated heterocycles. The summed E-state index contributed by atoms with van der Waals surface area (Å²) in [6.45, 7) is 3.53. The van der Waals surface area contributed by atoms with Gasteiger partial charge in [-0.15, -0.1) is 0 Å². The number of piperidine rings is 1. The molecule has 2 N–H and O–H groups in total. The monoisotopic (exact) mass is 290 g/mol. The van der Waals surface area contributed by atoms with Crippen LogP contribution in [-0.2, 0) is 0 Å². The lowest BCUT2D eigenvalue weighted by Crippen LogP contribution is -2.35. The molecule has 2 aromatic rings. The van der Waals surface area contributed by atoms with Crippen molar-refractivity contribution in [3.05, 3.63) is 18.2 Å². The summed E-state index contributed by atoms with van der Waals surface area (Å²) in [6, 6.07) is 5.94. The van der Waals surface area contributed by atoms with E-state index >= 15 is 0 Å². The molecule has 1 fully saturated rings. The van der Waals surface area contributed by atoms with Crippen LogP contribution in [0.3, 0.4) is 0 Å². The molecule has 4 nitrogen and oxygen atoms in total. The lowest BCUT2D eigenvalue weighted by atomic mass is 9.97. The maximum Gasteiger partial charge on any atom is 0.186 e. The van der Waals surface area contributed by atoms with Gasteiger partial charge in [0.25, 0.3) is 0 Å². The summed E-state index contributed by atoms with van der Waals surface area (Å²) in [5, 5.41) is 1.10. The van der Waals surface area contributed by atoms with E-state index in [2.05, 4.69) is 23.9 Å². The van der Waals surface area contributed by atoms with Crippen molar-refractivity contribution in [3.8, 4) is 0 Å². The van der Waals surface area contributed by atoms with Crippen molar-refractivity contribution in [2.24, 2.45) is 5.92 Å². The summed E-state index contributed by atoms with van der Waals surface area (Å²) in [6.07, 6.45) is 2.58. The minimum atomic E-state index is 0.785. The Morgan fingerprint density at radius 3 is 2.90 bits per heavy atom. The Bertz CT molecular complexity index is 587. The van der Waals surface area contributed by atoms with E-state index in [9.17, 15) is 0 Å². The van der Waals surface area contributed by atoms with Crippen LogP contribution in [-0.4, -0.2) is 43.6 Å². The highest BCUT2D eigenvalue weighted by Gasteiger charge is 2.19. The van der Waals surface area contributed by atoms with Crippen LogP contribution in [0.2, 0.25) is 0 Å². The van der Waals surface area contributed by atoms with Crippen LogP contribution in [0, 0.1) is 5.92 Å². The van der Waals surface area contributed by atoms with E-state index in [0.29, 0.717) is 0 Å². The van der Waals surface area contributed by atoms with Gasteiger partial charge in [0, 0.05) is 19.3 Å². The average Bonchev–Trinajstić information content (AvgIpc) is 2.84. The number of nitrogens with zero attached hydrogens (tertiary/aromatic N) is 3. The maximum atomic E-state index is 5.83. The molecule has 0 unspecified atom stereocenters. The van der Waals surface area contributed by atoms with Crippen LogP contribution >= 0.6 is 11.3 Å². The molecule has 108 valence electrons. The molecule has 1 aromatic carbocycles. The third-order valence-corrected chi connectivity index (χ3v) is 5.23. The summed E-state index contributed by atoms with van der Waals surface area (Å²) in [5.74, 6) is 0.785. The number of nitrogens with two attached hydrogens (primary N) is 1. The second-order valence-corrected chi connectivity index (χ2v) is 6.86. The molecule has 1 aliphatic heterocycles. The summed E-state index contributed by atoms with van der Waals surface area (Å²) >= 11 is 1.73. The van der Waals surface area contributed by atoms with Crippen molar-refractivity contribution in [2.75, 3.05) is 44.4 Å². The predicted molar refractivity (Wildman–Crippen MR) is 87.5 cm³/mol. The number of nitrogen functional groups attached to an aromatic ring is 1. The molecular formula is C15H22N4S. The number of hydrogen-bond donors (Lipinski definition) is 1. The van der Waals surface area contributed by atoms with Gasteiger partial charge in [0.1, 0.15) is 0 Å². The molecule has 1 aromatic heterocycles. The largest absolute Gasteiger partial charge is 0.399 e. The number of rotatable bonds is 3. The summed E-state index contributed by atoms with van der Waals surface area (Å²) in [7, 11) is 4.36. The molecule has 0 aliphatic carbocycles. The molecule has 5 heteroatoms. The summed E-state index contributed by atoms with van der Waals surface area (Å²) in [4.78, 5) is 9.43.